The molecule has 2 aromatic rings. The number of Topliss-reactive ketones (excluding diaryl/α,β-unsaturated/α-hetero) is 1. The molecule has 0 atom stereocenters. The maximum absolute atomic E-state index is 12.0. The monoisotopic (exact) mass is 278 g/mol. The smallest absolute Gasteiger partial charge is 0.303 e. The lowest BCUT2D eigenvalue weighted by Gasteiger charge is -2.05. The van der Waals surface area contributed by atoms with E-state index in [0.717, 1.165) is 16.5 Å². The van der Waals surface area contributed by atoms with E-state index in [1.165, 1.54) is 18.3 Å². The van der Waals surface area contributed by atoms with Gasteiger partial charge in [-0.25, -0.2) is 4.98 Å². The summed E-state index contributed by atoms with van der Waals surface area (Å²) in [4.78, 5) is 27.0. The van der Waals surface area contributed by atoms with Gasteiger partial charge in [-0.1, -0.05) is 0 Å². The molecule has 2 rings (SSSR count). The highest BCUT2D eigenvalue weighted by Crippen LogP contribution is 2.22. The molecule has 100 valence electrons. The standard InChI is InChI=1S/C13H14N2O3S/c1-8-6-11(12(17)7-18-10(3)16)9(2)15(8)13-14-4-5-19-13/h4-6H,7H2,1-3H3. The minimum atomic E-state index is -0.456. The number of nitrogens with zero attached hydrogens (tertiary/aromatic N) is 2. The van der Waals surface area contributed by atoms with Crippen LogP contribution in [0.4, 0.5) is 0 Å². The predicted octanol–water partition coefficient (Wildman–Crippen LogP) is 2.30. The second kappa shape index (κ2) is 5.36. The van der Waals surface area contributed by atoms with Crippen molar-refractivity contribution in [1.82, 2.24) is 9.55 Å². The maximum Gasteiger partial charge on any atom is 0.303 e. The van der Waals surface area contributed by atoms with Gasteiger partial charge in [-0.3, -0.25) is 14.2 Å². The summed E-state index contributed by atoms with van der Waals surface area (Å²) in [6, 6.07) is 1.79. The molecule has 0 bridgehead atoms. The predicted molar refractivity (Wildman–Crippen MR) is 71.9 cm³/mol. The van der Waals surface area contributed by atoms with E-state index in [1.807, 2.05) is 23.8 Å². The molecule has 0 aliphatic rings. The van der Waals surface area contributed by atoms with Crippen molar-refractivity contribution in [1.29, 1.82) is 0 Å². The minimum absolute atomic E-state index is 0.203. The van der Waals surface area contributed by atoms with Crippen LogP contribution in [0.3, 0.4) is 0 Å². The first-order chi connectivity index (χ1) is 9.00. The lowest BCUT2D eigenvalue weighted by molar-refractivity contribution is -0.139. The first-order valence-corrected chi connectivity index (χ1v) is 6.64. The molecular weight excluding hydrogens is 264 g/mol. The maximum atomic E-state index is 12.0. The van der Waals surface area contributed by atoms with Crippen LogP contribution in [0.1, 0.15) is 28.7 Å². The summed E-state index contributed by atoms with van der Waals surface area (Å²) < 4.78 is 6.66. The van der Waals surface area contributed by atoms with Gasteiger partial charge in [0.15, 0.2) is 11.7 Å². The van der Waals surface area contributed by atoms with Crippen molar-refractivity contribution >= 4 is 23.1 Å². The van der Waals surface area contributed by atoms with Gasteiger partial charge < -0.3 is 4.74 Å². The van der Waals surface area contributed by atoms with Gasteiger partial charge in [-0.05, 0) is 19.9 Å². The van der Waals surface area contributed by atoms with Crippen molar-refractivity contribution in [3.8, 4) is 5.13 Å². The third-order valence-electron chi connectivity index (χ3n) is 2.75. The molecule has 0 radical (unpaired) electrons. The summed E-state index contributed by atoms with van der Waals surface area (Å²) >= 11 is 1.50. The van der Waals surface area contributed by atoms with Crippen molar-refractivity contribution in [3.05, 3.63) is 34.6 Å². The van der Waals surface area contributed by atoms with Crippen molar-refractivity contribution in [2.24, 2.45) is 0 Å². The lowest BCUT2D eigenvalue weighted by atomic mass is 10.1. The fourth-order valence-corrected chi connectivity index (χ4v) is 2.66. The molecule has 0 spiro atoms. The number of hydrogen-bond donors (Lipinski definition) is 0. The molecule has 0 fully saturated rings. The fraction of sp³-hybridized carbons (Fsp3) is 0.308. The first kappa shape index (κ1) is 13.5. The Morgan fingerprint density at radius 2 is 2.16 bits per heavy atom. The van der Waals surface area contributed by atoms with Crippen LogP contribution in [-0.2, 0) is 9.53 Å². The van der Waals surface area contributed by atoms with Gasteiger partial charge in [0, 0.05) is 35.5 Å². The van der Waals surface area contributed by atoms with E-state index in [2.05, 4.69) is 4.98 Å². The van der Waals surface area contributed by atoms with Crippen LogP contribution >= 0.6 is 11.3 Å². The van der Waals surface area contributed by atoms with E-state index in [-0.39, 0.29) is 12.4 Å². The van der Waals surface area contributed by atoms with Crippen LogP contribution in [0.25, 0.3) is 5.13 Å². The molecule has 0 saturated heterocycles. The van der Waals surface area contributed by atoms with E-state index < -0.39 is 5.97 Å². The number of ketones is 1. The van der Waals surface area contributed by atoms with E-state index >= 15 is 0 Å². The summed E-state index contributed by atoms with van der Waals surface area (Å²) in [6.45, 7) is 4.83. The lowest BCUT2D eigenvalue weighted by Crippen LogP contribution is -2.12. The van der Waals surface area contributed by atoms with Crippen LogP contribution in [0.5, 0.6) is 0 Å². The van der Waals surface area contributed by atoms with Gasteiger partial charge >= 0.3 is 5.97 Å². The molecular formula is C13H14N2O3S. The van der Waals surface area contributed by atoms with E-state index in [0.29, 0.717) is 5.56 Å². The Balaban J connectivity index is 2.31. The van der Waals surface area contributed by atoms with E-state index in [4.69, 9.17) is 4.74 Å². The Bertz CT molecular complexity index is 614. The van der Waals surface area contributed by atoms with Crippen molar-refractivity contribution < 1.29 is 14.3 Å². The molecule has 0 amide bonds. The Morgan fingerprint density at radius 3 is 2.74 bits per heavy atom. The Morgan fingerprint density at radius 1 is 1.42 bits per heavy atom. The van der Waals surface area contributed by atoms with Crippen molar-refractivity contribution in [2.75, 3.05) is 6.61 Å². The molecule has 2 aromatic heterocycles. The largest absolute Gasteiger partial charge is 0.457 e. The minimum Gasteiger partial charge on any atom is -0.457 e. The number of thiazole rings is 1. The van der Waals surface area contributed by atoms with Crippen LogP contribution in [-0.4, -0.2) is 27.9 Å². The molecule has 2 heterocycles. The molecule has 19 heavy (non-hydrogen) atoms. The molecule has 0 aromatic carbocycles. The van der Waals surface area contributed by atoms with E-state index in [1.54, 1.807) is 12.3 Å². The molecule has 0 aliphatic carbocycles. The quantitative estimate of drug-likeness (QED) is 0.636. The topological polar surface area (TPSA) is 61.2 Å². The van der Waals surface area contributed by atoms with Crippen LogP contribution in [0, 0.1) is 13.8 Å². The Labute approximate surface area is 114 Å². The van der Waals surface area contributed by atoms with Gasteiger partial charge in [0.25, 0.3) is 0 Å². The average molecular weight is 278 g/mol. The van der Waals surface area contributed by atoms with Gasteiger partial charge in [0.1, 0.15) is 0 Å². The third kappa shape index (κ3) is 2.73. The first-order valence-electron chi connectivity index (χ1n) is 5.76. The zero-order valence-electron chi connectivity index (χ0n) is 11.0. The number of esters is 1. The molecule has 0 N–H and O–H groups in total. The number of carbonyl (C=O) groups excluding carboxylic acids is 2. The second-order valence-electron chi connectivity index (χ2n) is 4.14. The highest BCUT2D eigenvalue weighted by atomic mass is 32.1. The number of ether oxygens (including phenoxy) is 1. The van der Waals surface area contributed by atoms with Crippen LogP contribution < -0.4 is 0 Å². The fourth-order valence-electron chi connectivity index (χ4n) is 1.91. The van der Waals surface area contributed by atoms with Gasteiger partial charge in [0.2, 0.25) is 5.78 Å². The average Bonchev–Trinajstić information content (AvgIpc) is 2.94. The van der Waals surface area contributed by atoms with Crippen molar-refractivity contribution in [3.63, 3.8) is 0 Å². The zero-order valence-corrected chi connectivity index (χ0v) is 11.8. The van der Waals surface area contributed by atoms with Crippen LogP contribution in [0.2, 0.25) is 0 Å². The highest BCUT2D eigenvalue weighted by Gasteiger charge is 2.18. The third-order valence-corrected chi connectivity index (χ3v) is 3.51. The summed E-state index contributed by atoms with van der Waals surface area (Å²) in [5.41, 5.74) is 2.30. The Hall–Kier alpha value is -1.95. The summed E-state index contributed by atoms with van der Waals surface area (Å²) in [5.74, 6) is -0.659. The number of carbonyl (C=O) groups is 2. The van der Waals surface area contributed by atoms with Gasteiger partial charge in [-0.2, -0.15) is 0 Å². The summed E-state index contributed by atoms with van der Waals surface area (Å²) in [6.07, 6.45) is 1.72. The van der Waals surface area contributed by atoms with Gasteiger partial charge in [-0.15, -0.1) is 11.3 Å². The SMILES string of the molecule is CC(=O)OCC(=O)c1cc(C)n(-c2nccs2)c1C. The molecule has 6 heteroatoms. The summed E-state index contributed by atoms with van der Waals surface area (Å²) in [5, 5.41) is 2.70. The molecule has 0 aliphatic heterocycles. The number of rotatable bonds is 4. The normalized spacial score (nSPS) is 10.5. The summed E-state index contributed by atoms with van der Waals surface area (Å²) in [7, 11) is 0. The Kier molecular flexibility index (Phi) is 3.80. The molecule has 0 unspecified atom stereocenters. The molecule has 0 saturated carbocycles. The second-order valence-corrected chi connectivity index (χ2v) is 5.01. The number of hydrogen-bond acceptors (Lipinski definition) is 5. The molecule has 5 nitrogen and oxygen atoms in total. The van der Waals surface area contributed by atoms with Gasteiger partial charge in [0.05, 0.1) is 0 Å². The zero-order chi connectivity index (χ0) is 14.0. The van der Waals surface area contributed by atoms with Crippen molar-refractivity contribution in [2.45, 2.75) is 20.8 Å². The number of aromatic nitrogens is 2. The highest BCUT2D eigenvalue weighted by molar-refractivity contribution is 7.12. The van der Waals surface area contributed by atoms with E-state index in [9.17, 15) is 9.59 Å². The van der Waals surface area contributed by atoms with Crippen LogP contribution in [0.15, 0.2) is 17.6 Å². The number of aryl methyl sites for hydroxylation is 1.